The lowest BCUT2D eigenvalue weighted by Crippen LogP contribution is -2.14. The molecular weight excluding hydrogens is 188 g/mol. The molecule has 0 aromatic carbocycles. The maximum Gasteiger partial charge on any atom is 0.303 e. The molecule has 5 heteroatoms. The van der Waals surface area contributed by atoms with Crippen LogP contribution in [0, 0.1) is 0 Å². The maximum atomic E-state index is 10.3. The van der Waals surface area contributed by atoms with Crippen LogP contribution in [-0.2, 0) is 4.79 Å². The largest absolute Gasteiger partial charge is 0.481 e. The van der Waals surface area contributed by atoms with Gasteiger partial charge in [0.05, 0.1) is 6.54 Å². The van der Waals surface area contributed by atoms with Gasteiger partial charge in [-0.15, -0.1) is 0 Å². The highest BCUT2D eigenvalue weighted by Gasteiger charge is 2.23. The molecule has 0 radical (unpaired) electrons. The topological polar surface area (TPSA) is 52.9 Å². The summed E-state index contributed by atoms with van der Waals surface area (Å²) < 4.78 is 0. The van der Waals surface area contributed by atoms with E-state index in [0.29, 0.717) is 6.42 Å². The van der Waals surface area contributed by atoms with Crippen LogP contribution in [-0.4, -0.2) is 34.2 Å². The first kappa shape index (κ1) is 8.62. The molecule has 0 bridgehead atoms. The van der Waals surface area contributed by atoms with Crippen molar-refractivity contribution < 1.29 is 9.90 Å². The van der Waals surface area contributed by atoms with Gasteiger partial charge in [0.1, 0.15) is 0 Å². The van der Waals surface area contributed by atoms with Crippen molar-refractivity contribution in [2.24, 2.45) is 4.99 Å². The maximum absolute atomic E-state index is 10.3. The molecule has 0 fully saturated rings. The molecule has 0 aromatic heterocycles. The number of fused-ring (bicyclic) bond motifs is 1. The standard InChI is InChI=1S/C8H10N2O2S/c11-7(12)2-1-6-5-10-4-3-9-8(10)13-6/h5H,1-4H2,(H,11,12). The van der Waals surface area contributed by atoms with Crippen LogP contribution in [0.3, 0.4) is 0 Å². The Balaban J connectivity index is 1.90. The van der Waals surface area contributed by atoms with Gasteiger partial charge in [0.15, 0.2) is 5.17 Å². The van der Waals surface area contributed by atoms with Crippen LogP contribution in [0.2, 0.25) is 0 Å². The molecule has 0 saturated heterocycles. The summed E-state index contributed by atoms with van der Waals surface area (Å²) in [6.07, 6.45) is 2.84. The Labute approximate surface area is 80.3 Å². The molecule has 0 amide bonds. The minimum Gasteiger partial charge on any atom is -0.481 e. The predicted octanol–water partition coefficient (Wildman–Crippen LogP) is 1.11. The monoisotopic (exact) mass is 198 g/mol. The fourth-order valence-electron chi connectivity index (χ4n) is 1.31. The van der Waals surface area contributed by atoms with Crippen molar-refractivity contribution in [2.45, 2.75) is 12.8 Å². The van der Waals surface area contributed by atoms with Gasteiger partial charge in [0, 0.05) is 24.1 Å². The van der Waals surface area contributed by atoms with Crippen molar-refractivity contribution in [3.63, 3.8) is 0 Å². The molecule has 0 spiro atoms. The molecule has 0 aromatic rings. The van der Waals surface area contributed by atoms with E-state index >= 15 is 0 Å². The lowest BCUT2D eigenvalue weighted by Gasteiger charge is -2.04. The molecule has 70 valence electrons. The predicted molar refractivity (Wildman–Crippen MR) is 51.6 cm³/mol. The average Bonchev–Trinajstić information content (AvgIpc) is 2.58. The van der Waals surface area contributed by atoms with E-state index in [2.05, 4.69) is 9.89 Å². The van der Waals surface area contributed by atoms with Gasteiger partial charge in [-0.3, -0.25) is 9.79 Å². The number of carbonyl (C=O) groups is 1. The molecule has 2 aliphatic rings. The van der Waals surface area contributed by atoms with E-state index in [0.717, 1.165) is 23.2 Å². The Morgan fingerprint density at radius 1 is 1.77 bits per heavy atom. The van der Waals surface area contributed by atoms with E-state index in [1.165, 1.54) is 0 Å². The average molecular weight is 198 g/mol. The molecule has 0 unspecified atom stereocenters. The second-order valence-electron chi connectivity index (χ2n) is 2.95. The third-order valence-corrected chi connectivity index (χ3v) is 3.06. The minimum absolute atomic E-state index is 0.208. The van der Waals surface area contributed by atoms with Gasteiger partial charge >= 0.3 is 5.97 Å². The summed E-state index contributed by atoms with van der Waals surface area (Å²) in [6.45, 7) is 1.81. The highest BCUT2D eigenvalue weighted by atomic mass is 32.2. The van der Waals surface area contributed by atoms with E-state index in [-0.39, 0.29) is 6.42 Å². The number of allylic oxidation sites excluding steroid dienone is 1. The van der Waals surface area contributed by atoms with E-state index in [4.69, 9.17) is 5.11 Å². The van der Waals surface area contributed by atoms with Crippen LogP contribution in [0.15, 0.2) is 16.1 Å². The summed E-state index contributed by atoms with van der Waals surface area (Å²) in [7, 11) is 0. The van der Waals surface area contributed by atoms with E-state index in [9.17, 15) is 4.79 Å². The van der Waals surface area contributed by atoms with Crippen molar-refractivity contribution in [2.75, 3.05) is 13.1 Å². The van der Waals surface area contributed by atoms with Crippen LogP contribution in [0.5, 0.6) is 0 Å². The number of thioether (sulfide) groups is 1. The summed E-state index contributed by atoms with van der Waals surface area (Å²) in [4.78, 5) is 17.8. The molecule has 2 rings (SSSR count). The quantitative estimate of drug-likeness (QED) is 0.738. The van der Waals surface area contributed by atoms with Crippen molar-refractivity contribution >= 4 is 22.9 Å². The highest BCUT2D eigenvalue weighted by molar-refractivity contribution is 8.17. The SMILES string of the molecule is O=C(O)CCC1=CN2CCN=C2S1. The highest BCUT2D eigenvalue weighted by Crippen LogP contribution is 2.33. The van der Waals surface area contributed by atoms with Gasteiger partial charge < -0.3 is 10.0 Å². The van der Waals surface area contributed by atoms with Crippen molar-refractivity contribution in [3.8, 4) is 0 Å². The molecule has 4 nitrogen and oxygen atoms in total. The Kier molecular flexibility index (Phi) is 2.26. The number of carboxylic acid groups (broad SMARTS) is 1. The van der Waals surface area contributed by atoms with Gasteiger partial charge in [-0.25, -0.2) is 0 Å². The van der Waals surface area contributed by atoms with E-state index in [1.54, 1.807) is 11.8 Å². The van der Waals surface area contributed by atoms with Crippen molar-refractivity contribution in [1.82, 2.24) is 4.90 Å². The van der Waals surface area contributed by atoms with Crippen molar-refractivity contribution in [3.05, 3.63) is 11.1 Å². The number of amidine groups is 1. The Morgan fingerprint density at radius 3 is 3.31 bits per heavy atom. The zero-order valence-electron chi connectivity index (χ0n) is 7.06. The third kappa shape index (κ3) is 1.85. The second kappa shape index (κ2) is 3.41. The van der Waals surface area contributed by atoms with Crippen molar-refractivity contribution in [1.29, 1.82) is 0 Å². The minimum atomic E-state index is -0.740. The summed E-state index contributed by atoms with van der Waals surface area (Å²) in [5.41, 5.74) is 0. The van der Waals surface area contributed by atoms with Gasteiger partial charge in [-0.1, -0.05) is 11.8 Å². The second-order valence-corrected chi connectivity index (χ2v) is 4.04. The number of nitrogens with zero attached hydrogens (tertiary/aromatic N) is 2. The Hall–Kier alpha value is -0.970. The molecule has 2 aliphatic heterocycles. The van der Waals surface area contributed by atoms with Gasteiger partial charge in [-0.2, -0.15) is 0 Å². The Morgan fingerprint density at radius 2 is 2.62 bits per heavy atom. The van der Waals surface area contributed by atoms with E-state index < -0.39 is 5.97 Å². The normalized spacial score (nSPS) is 19.8. The van der Waals surface area contributed by atoms with Crippen LogP contribution in [0.25, 0.3) is 0 Å². The molecule has 0 atom stereocenters. The molecule has 13 heavy (non-hydrogen) atoms. The first-order valence-corrected chi connectivity index (χ1v) is 4.99. The summed E-state index contributed by atoms with van der Waals surface area (Å²) in [5.74, 6) is -0.740. The van der Waals surface area contributed by atoms with E-state index in [1.807, 2.05) is 6.20 Å². The number of aliphatic imine (C=N–C) groups is 1. The number of hydrogen-bond donors (Lipinski definition) is 1. The fourth-order valence-corrected chi connectivity index (χ4v) is 2.35. The number of carboxylic acids is 1. The summed E-state index contributed by atoms with van der Waals surface area (Å²) in [5, 5.41) is 9.52. The third-order valence-electron chi connectivity index (χ3n) is 1.94. The molecule has 1 N–H and O–H groups in total. The molecular formula is C8H10N2O2S. The van der Waals surface area contributed by atoms with Crippen LogP contribution in [0.1, 0.15) is 12.8 Å². The van der Waals surface area contributed by atoms with Crippen LogP contribution in [0.4, 0.5) is 0 Å². The van der Waals surface area contributed by atoms with Gasteiger partial charge in [0.25, 0.3) is 0 Å². The smallest absolute Gasteiger partial charge is 0.303 e. The zero-order chi connectivity index (χ0) is 9.26. The first-order chi connectivity index (χ1) is 6.25. The molecule has 0 aliphatic carbocycles. The van der Waals surface area contributed by atoms with Gasteiger partial charge in [0.2, 0.25) is 0 Å². The Bertz CT molecular complexity index is 299. The summed E-state index contributed by atoms with van der Waals surface area (Å²) >= 11 is 1.60. The molecule has 2 heterocycles. The number of rotatable bonds is 3. The summed E-state index contributed by atoms with van der Waals surface area (Å²) in [6, 6.07) is 0. The lowest BCUT2D eigenvalue weighted by molar-refractivity contribution is -0.136. The zero-order valence-corrected chi connectivity index (χ0v) is 7.88. The van der Waals surface area contributed by atoms with Crippen LogP contribution < -0.4 is 0 Å². The van der Waals surface area contributed by atoms with Gasteiger partial charge in [-0.05, 0) is 6.42 Å². The fraction of sp³-hybridized carbons (Fsp3) is 0.500. The first-order valence-electron chi connectivity index (χ1n) is 4.17. The number of aliphatic carboxylic acids is 1. The number of hydrogen-bond acceptors (Lipinski definition) is 4. The van der Waals surface area contributed by atoms with Crippen LogP contribution >= 0.6 is 11.8 Å². The lowest BCUT2D eigenvalue weighted by atomic mass is 10.3. The molecule has 0 saturated carbocycles.